The Morgan fingerprint density at radius 2 is 2.07 bits per heavy atom. The van der Waals surface area contributed by atoms with Crippen molar-refractivity contribution in [3.05, 3.63) is 34.9 Å². The van der Waals surface area contributed by atoms with Crippen LogP contribution < -0.4 is 0 Å². The van der Waals surface area contributed by atoms with Gasteiger partial charge < -0.3 is 4.90 Å². The van der Waals surface area contributed by atoms with Gasteiger partial charge in [-0.3, -0.25) is 4.79 Å². The summed E-state index contributed by atoms with van der Waals surface area (Å²) in [6.07, 6.45) is 1.06. The van der Waals surface area contributed by atoms with Crippen molar-refractivity contribution in [2.24, 2.45) is 0 Å². The molecular formula is C11H12ClNO. The highest BCUT2D eigenvalue weighted by molar-refractivity contribution is 6.30. The zero-order valence-electron chi connectivity index (χ0n) is 8.03. The van der Waals surface area contributed by atoms with E-state index in [2.05, 4.69) is 0 Å². The SMILES string of the molecule is CC(=O)N1CCC1c1ccc(Cl)cc1. The lowest BCUT2D eigenvalue weighted by molar-refractivity contribution is -0.136. The first-order valence-corrected chi connectivity index (χ1v) is 5.09. The number of hydrogen-bond acceptors (Lipinski definition) is 1. The standard InChI is InChI=1S/C11H12ClNO/c1-8(14)13-7-6-11(13)9-2-4-10(12)5-3-9/h2-5,11H,6-7H2,1H3. The molecule has 74 valence electrons. The molecule has 0 radical (unpaired) electrons. The summed E-state index contributed by atoms with van der Waals surface area (Å²) in [5.74, 6) is 0.149. The lowest BCUT2D eigenvalue weighted by atomic mass is 9.95. The smallest absolute Gasteiger partial charge is 0.219 e. The van der Waals surface area contributed by atoms with Crippen LogP contribution >= 0.6 is 11.6 Å². The van der Waals surface area contributed by atoms with Crippen LogP contribution in [0.4, 0.5) is 0 Å². The molecule has 1 aromatic rings. The summed E-state index contributed by atoms with van der Waals surface area (Å²) in [5.41, 5.74) is 1.18. The second kappa shape index (κ2) is 3.62. The third kappa shape index (κ3) is 1.62. The minimum absolute atomic E-state index is 0.149. The summed E-state index contributed by atoms with van der Waals surface area (Å²) >= 11 is 5.80. The molecule has 1 unspecified atom stereocenters. The third-order valence-corrected chi connectivity index (χ3v) is 2.93. The van der Waals surface area contributed by atoms with E-state index >= 15 is 0 Å². The van der Waals surface area contributed by atoms with Gasteiger partial charge in [0.05, 0.1) is 6.04 Å². The maximum Gasteiger partial charge on any atom is 0.219 e. The Hall–Kier alpha value is -1.02. The van der Waals surface area contributed by atoms with E-state index in [4.69, 9.17) is 11.6 Å². The molecule has 0 bridgehead atoms. The second-order valence-corrected chi connectivity index (χ2v) is 4.00. The van der Waals surface area contributed by atoms with E-state index in [1.807, 2.05) is 29.2 Å². The molecule has 0 spiro atoms. The molecule has 3 heteroatoms. The van der Waals surface area contributed by atoms with Crippen molar-refractivity contribution in [2.75, 3.05) is 6.54 Å². The van der Waals surface area contributed by atoms with Gasteiger partial charge in [0, 0.05) is 18.5 Å². The first-order valence-electron chi connectivity index (χ1n) is 4.71. The van der Waals surface area contributed by atoms with Crippen LogP contribution in [-0.2, 0) is 4.79 Å². The van der Waals surface area contributed by atoms with E-state index in [0.717, 1.165) is 18.0 Å². The van der Waals surface area contributed by atoms with Crippen LogP contribution in [-0.4, -0.2) is 17.4 Å². The molecule has 1 aliphatic rings. The molecule has 0 saturated carbocycles. The summed E-state index contributed by atoms with van der Waals surface area (Å²) in [5, 5.41) is 0.738. The molecule has 1 aliphatic heterocycles. The number of hydrogen-bond donors (Lipinski definition) is 0. The van der Waals surface area contributed by atoms with Crippen molar-refractivity contribution in [1.82, 2.24) is 4.90 Å². The van der Waals surface area contributed by atoms with E-state index in [9.17, 15) is 4.79 Å². The summed E-state index contributed by atoms with van der Waals surface area (Å²) in [6.45, 7) is 2.49. The number of carbonyl (C=O) groups excluding carboxylic acids is 1. The molecule has 0 aromatic heterocycles. The van der Waals surface area contributed by atoms with E-state index in [0.29, 0.717) is 0 Å². The van der Waals surface area contributed by atoms with Crippen molar-refractivity contribution >= 4 is 17.5 Å². The largest absolute Gasteiger partial charge is 0.336 e. The van der Waals surface area contributed by atoms with E-state index in [-0.39, 0.29) is 11.9 Å². The average Bonchev–Trinajstić information content (AvgIpc) is 2.05. The number of nitrogens with zero attached hydrogens (tertiary/aromatic N) is 1. The van der Waals surface area contributed by atoms with Gasteiger partial charge in [0.2, 0.25) is 5.91 Å². The first kappa shape index (κ1) is 9.53. The fourth-order valence-corrected chi connectivity index (χ4v) is 1.92. The molecule has 0 aliphatic carbocycles. The van der Waals surface area contributed by atoms with Gasteiger partial charge in [-0.25, -0.2) is 0 Å². The van der Waals surface area contributed by atoms with Crippen molar-refractivity contribution in [3.8, 4) is 0 Å². The Bertz CT molecular complexity index is 347. The summed E-state index contributed by atoms with van der Waals surface area (Å²) < 4.78 is 0. The summed E-state index contributed by atoms with van der Waals surface area (Å²) in [7, 11) is 0. The highest BCUT2D eigenvalue weighted by Gasteiger charge is 2.30. The van der Waals surface area contributed by atoms with Crippen LogP contribution in [0.5, 0.6) is 0 Å². The Morgan fingerprint density at radius 1 is 1.43 bits per heavy atom. The van der Waals surface area contributed by atoms with Gasteiger partial charge in [-0.1, -0.05) is 23.7 Å². The fourth-order valence-electron chi connectivity index (χ4n) is 1.80. The van der Waals surface area contributed by atoms with Crippen LogP contribution in [0.3, 0.4) is 0 Å². The number of halogens is 1. The van der Waals surface area contributed by atoms with Crippen LogP contribution in [0.1, 0.15) is 24.9 Å². The molecule has 1 amide bonds. The Kier molecular flexibility index (Phi) is 2.46. The monoisotopic (exact) mass is 209 g/mol. The van der Waals surface area contributed by atoms with Crippen molar-refractivity contribution < 1.29 is 4.79 Å². The minimum Gasteiger partial charge on any atom is -0.336 e. The van der Waals surface area contributed by atoms with Crippen molar-refractivity contribution in [3.63, 3.8) is 0 Å². The molecule has 1 aromatic carbocycles. The number of likely N-dealkylation sites (tertiary alicyclic amines) is 1. The highest BCUT2D eigenvalue weighted by atomic mass is 35.5. The zero-order chi connectivity index (χ0) is 10.1. The second-order valence-electron chi connectivity index (χ2n) is 3.57. The van der Waals surface area contributed by atoms with Crippen molar-refractivity contribution in [2.45, 2.75) is 19.4 Å². The average molecular weight is 210 g/mol. The third-order valence-electron chi connectivity index (χ3n) is 2.68. The summed E-state index contributed by atoms with van der Waals surface area (Å²) in [4.78, 5) is 13.1. The molecule has 14 heavy (non-hydrogen) atoms. The Labute approximate surface area is 88.5 Å². The summed E-state index contributed by atoms with van der Waals surface area (Å²) in [6, 6.07) is 7.98. The molecule has 0 N–H and O–H groups in total. The lowest BCUT2D eigenvalue weighted by Crippen LogP contribution is -2.43. The van der Waals surface area contributed by atoms with Crippen LogP contribution in [0.25, 0.3) is 0 Å². The topological polar surface area (TPSA) is 20.3 Å². The Morgan fingerprint density at radius 3 is 2.50 bits per heavy atom. The van der Waals surface area contributed by atoms with Gasteiger partial charge in [0.25, 0.3) is 0 Å². The molecule has 2 nitrogen and oxygen atoms in total. The van der Waals surface area contributed by atoms with E-state index in [1.54, 1.807) is 6.92 Å². The molecule has 2 rings (SSSR count). The minimum atomic E-state index is 0.149. The molecule has 1 heterocycles. The molecular weight excluding hydrogens is 198 g/mol. The highest BCUT2D eigenvalue weighted by Crippen LogP contribution is 2.33. The zero-order valence-corrected chi connectivity index (χ0v) is 8.79. The number of rotatable bonds is 1. The van der Waals surface area contributed by atoms with Gasteiger partial charge >= 0.3 is 0 Å². The van der Waals surface area contributed by atoms with E-state index < -0.39 is 0 Å². The van der Waals surface area contributed by atoms with E-state index in [1.165, 1.54) is 5.56 Å². The quantitative estimate of drug-likeness (QED) is 0.697. The predicted octanol–water partition coefficient (Wildman–Crippen LogP) is 2.63. The van der Waals surface area contributed by atoms with Gasteiger partial charge in [0.1, 0.15) is 0 Å². The lowest BCUT2D eigenvalue weighted by Gasteiger charge is -2.40. The molecule has 1 fully saturated rings. The Balaban J connectivity index is 2.16. The predicted molar refractivity (Wildman–Crippen MR) is 56.2 cm³/mol. The van der Waals surface area contributed by atoms with Crippen molar-refractivity contribution in [1.29, 1.82) is 0 Å². The number of amides is 1. The molecule has 1 atom stereocenters. The van der Waals surface area contributed by atoms with Crippen LogP contribution in [0.15, 0.2) is 24.3 Å². The maximum atomic E-state index is 11.2. The first-order chi connectivity index (χ1) is 6.68. The van der Waals surface area contributed by atoms with Gasteiger partial charge in [0.15, 0.2) is 0 Å². The number of benzene rings is 1. The van der Waals surface area contributed by atoms with Crippen LogP contribution in [0, 0.1) is 0 Å². The van der Waals surface area contributed by atoms with Gasteiger partial charge in [-0.2, -0.15) is 0 Å². The van der Waals surface area contributed by atoms with Gasteiger partial charge in [-0.05, 0) is 24.1 Å². The molecule has 1 saturated heterocycles. The number of carbonyl (C=O) groups is 1. The normalized spacial score (nSPS) is 20.4. The van der Waals surface area contributed by atoms with Crippen LogP contribution in [0.2, 0.25) is 5.02 Å². The maximum absolute atomic E-state index is 11.2. The van der Waals surface area contributed by atoms with Gasteiger partial charge in [-0.15, -0.1) is 0 Å². The fraction of sp³-hybridized carbons (Fsp3) is 0.364.